The molecule has 0 bridgehead atoms. The summed E-state index contributed by atoms with van der Waals surface area (Å²) in [6.07, 6.45) is 0.0513. The number of benzene rings is 1. The smallest absolute Gasteiger partial charge is 0.250 e. The van der Waals surface area contributed by atoms with Crippen LogP contribution in [0.25, 0.3) is 0 Å². The van der Waals surface area contributed by atoms with Crippen molar-refractivity contribution in [2.45, 2.75) is 26.5 Å². The number of amides is 1. The van der Waals surface area contributed by atoms with Gasteiger partial charge in [0.25, 0.3) is 0 Å². The minimum atomic E-state index is -0.142. The lowest BCUT2D eigenvalue weighted by Crippen LogP contribution is -2.20. The van der Waals surface area contributed by atoms with Crippen LogP contribution in [-0.4, -0.2) is 31.8 Å². The molecule has 5 nitrogen and oxygen atoms in total. The summed E-state index contributed by atoms with van der Waals surface area (Å²) in [5, 5.41) is 6.08. The molecule has 0 fully saturated rings. The molecule has 0 aromatic heterocycles. The fourth-order valence-corrected chi connectivity index (χ4v) is 1.83. The Morgan fingerprint density at radius 2 is 2.37 bits per heavy atom. The first-order valence-electron chi connectivity index (χ1n) is 6.53. The Kier molecular flexibility index (Phi) is 4.76. The molecular formula is C14H20N2O3. The molecule has 0 spiro atoms. The zero-order valence-electron chi connectivity index (χ0n) is 11.4. The summed E-state index contributed by atoms with van der Waals surface area (Å²) in [6.45, 7) is 6.13. The number of carbonyl (C=O) groups is 1. The summed E-state index contributed by atoms with van der Waals surface area (Å²) in [4.78, 5) is 11.7. The molecule has 2 rings (SSSR count). The number of ether oxygens (including phenoxy) is 2. The van der Waals surface area contributed by atoms with Gasteiger partial charge >= 0.3 is 0 Å². The SMILES string of the molecule is CC(C)OCC(=O)Nc1ccc2c(c1)CNCCO2. The lowest BCUT2D eigenvalue weighted by molar-refractivity contribution is -0.121. The van der Waals surface area contributed by atoms with Gasteiger partial charge in [-0.15, -0.1) is 0 Å². The number of rotatable bonds is 4. The summed E-state index contributed by atoms with van der Waals surface area (Å²) in [7, 11) is 0. The normalized spacial score (nSPS) is 14.5. The van der Waals surface area contributed by atoms with Gasteiger partial charge in [0.15, 0.2) is 0 Å². The van der Waals surface area contributed by atoms with Crippen LogP contribution in [0.1, 0.15) is 19.4 Å². The van der Waals surface area contributed by atoms with Crippen molar-refractivity contribution in [3.8, 4) is 5.75 Å². The van der Waals surface area contributed by atoms with E-state index < -0.39 is 0 Å². The second kappa shape index (κ2) is 6.54. The van der Waals surface area contributed by atoms with Crippen molar-refractivity contribution in [2.75, 3.05) is 25.1 Å². The van der Waals surface area contributed by atoms with E-state index in [4.69, 9.17) is 9.47 Å². The van der Waals surface area contributed by atoms with Crippen LogP contribution in [0.2, 0.25) is 0 Å². The van der Waals surface area contributed by atoms with Gasteiger partial charge in [-0.05, 0) is 32.0 Å². The molecule has 1 aliphatic heterocycles. The van der Waals surface area contributed by atoms with Crippen molar-refractivity contribution in [3.05, 3.63) is 23.8 Å². The highest BCUT2D eigenvalue weighted by Gasteiger charge is 2.10. The standard InChI is InChI=1S/C14H20N2O3/c1-10(2)19-9-14(17)16-12-3-4-13-11(7-12)8-15-5-6-18-13/h3-4,7,10,15H,5-6,8-9H2,1-2H3,(H,16,17). The highest BCUT2D eigenvalue weighted by Crippen LogP contribution is 2.24. The van der Waals surface area contributed by atoms with E-state index in [1.165, 1.54) is 0 Å². The predicted molar refractivity (Wildman–Crippen MR) is 73.4 cm³/mol. The van der Waals surface area contributed by atoms with Crippen LogP contribution in [0.15, 0.2) is 18.2 Å². The fourth-order valence-electron chi connectivity index (χ4n) is 1.83. The third-order valence-corrected chi connectivity index (χ3v) is 2.74. The van der Waals surface area contributed by atoms with E-state index in [0.717, 1.165) is 30.1 Å². The Hall–Kier alpha value is -1.59. The molecule has 1 aromatic carbocycles. The van der Waals surface area contributed by atoms with E-state index in [1.54, 1.807) is 0 Å². The van der Waals surface area contributed by atoms with Crippen LogP contribution in [0.5, 0.6) is 5.75 Å². The molecule has 19 heavy (non-hydrogen) atoms. The zero-order valence-corrected chi connectivity index (χ0v) is 11.4. The summed E-state index contributed by atoms with van der Waals surface area (Å²) >= 11 is 0. The number of anilines is 1. The van der Waals surface area contributed by atoms with E-state index in [0.29, 0.717) is 6.61 Å². The number of nitrogens with one attached hydrogen (secondary N) is 2. The lowest BCUT2D eigenvalue weighted by atomic mass is 10.1. The Morgan fingerprint density at radius 1 is 1.53 bits per heavy atom. The minimum Gasteiger partial charge on any atom is -0.492 e. The van der Waals surface area contributed by atoms with Crippen LogP contribution in [0, 0.1) is 0 Å². The topological polar surface area (TPSA) is 59.6 Å². The van der Waals surface area contributed by atoms with Crippen LogP contribution in [0.3, 0.4) is 0 Å². The molecule has 1 heterocycles. The van der Waals surface area contributed by atoms with Gasteiger partial charge in [-0.25, -0.2) is 0 Å². The number of hydrogen-bond acceptors (Lipinski definition) is 4. The van der Waals surface area contributed by atoms with Gasteiger partial charge in [0.05, 0.1) is 6.10 Å². The van der Waals surface area contributed by atoms with Crippen molar-refractivity contribution in [1.29, 1.82) is 0 Å². The van der Waals surface area contributed by atoms with Crippen molar-refractivity contribution < 1.29 is 14.3 Å². The fraction of sp³-hybridized carbons (Fsp3) is 0.500. The Bertz CT molecular complexity index is 446. The molecule has 1 aliphatic rings. The molecule has 0 saturated heterocycles. The van der Waals surface area contributed by atoms with Gasteiger partial charge in [-0.3, -0.25) is 4.79 Å². The highest BCUT2D eigenvalue weighted by atomic mass is 16.5. The number of fused-ring (bicyclic) bond motifs is 1. The van der Waals surface area contributed by atoms with Crippen molar-refractivity contribution in [1.82, 2.24) is 5.32 Å². The van der Waals surface area contributed by atoms with E-state index in [2.05, 4.69) is 10.6 Å². The van der Waals surface area contributed by atoms with E-state index in [9.17, 15) is 4.79 Å². The third kappa shape index (κ3) is 4.22. The van der Waals surface area contributed by atoms with Crippen LogP contribution in [-0.2, 0) is 16.1 Å². The largest absolute Gasteiger partial charge is 0.492 e. The molecule has 0 atom stereocenters. The summed E-state index contributed by atoms with van der Waals surface area (Å²) in [5.74, 6) is 0.734. The van der Waals surface area contributed by atoms with Gasteiger partial charge in [-0.1, -0.05) is 0 Å². The van der Waals surface area contributed by atoms with Gasteiger partial charge in [0.2, 0.25) is 5.91 Å². The average Bonchev–Trinajstić information content (AvgIpc) is 2.61. The Balaban J connectivity index is 1.97. The second-order valence-corrected chi connectivity index (χ2v) is 4.76. The molecular weight excluding hydrogens is 244 g/mol. The molecule has 104 valence electrons. The first kappa shape index (κ1) is 13.8. The van der Waals surface area contributed by atoms with E-state index in [1.807, 2.05) is 32.0 Å². The monoisotopic (exact) mass is 264 g/mol. The van der Waals surface area contributed by atoms with Crippen molar-refractivity contribution in [3.63, 3.8) is 0 Å². The Morgan fingerprint density at radius 3 is 3.16 bits per heavy atom. The molecule has 0 unspecified atom stereocenters. The van der Waals surface area contributed by atoms with Crippen LogP contribution >= 0.6 is 0 Å². The first-order chi connectivity index (χ1) is 9.15. The maximum atomic E-state index is 11.7. The number of carbonyl (C=O) groups excluding carboxylic acids is 1. The second-order valence-electron chi connectivity index (χ2n) is 4.76. The molecule has 1 aromatic rings. The van der Waals surface area contributed by atoms with Crippen LogP contribution < -0.4 is 15.4 Å². The predicted octanol–water partition coefficient (Wildman–Crippen LogP) is 1.53. The molecule has 0 saturated carbocycles. The van der Waals surface area contributed by atoms with Gasteiger partial charge < -0.3 is 20.1 Å². The molecule has 0 aliphatic carbocycles. The lowest BCUT2D eigenvalue weighted by Gasteiger charge is -2.11. The Labute approximate surface area is 113 Å². The van der Waals surface area contributed by atoms with E-state index >= 15 is 0 Å². The maximum absolute atomic E-state index is 11.7. The van der Waals surface area contributed by atoms with Gasteiger partial charge in [-0.2, -0.15) is 0 Å². The zero-order chi connectivity index (χ0) is 13.7. The van der Waals surface area contributed by atoms with Crippen molar-refractivity contribution in [2.24, 2.45) is 0 Å². The summed E-state index contributed by atoms with van der Waals surface area (Å²) < 4.78 is 10.8. The van der Waals surface area contributed by atoms with Gasteiger partial charge in [0.1, 0.15) is 19.0 Å². The quantitative estimate of drug-likeness (QED) is 0.866. The summed E-state index contributed by atoms with van der Waals surface area (Å²) in [6, 6.07) is 5.67. The molecule has 5 heteroatoms. The highest BCUT2D eigenvalue weighted by molar-refractivity contribution is 5.91. The number of hydrogen-bond donors (Lipinski definition) is 2. The van der Waals surface area contributed by atoms with Crippen LogP contribution in [0.4, 0.5) is 5.69 Å². The van der Waals surface area contributed by atoms with E-state index in [-0.39, 0.29) is 18.6 Å². The molecule has 1 amide bonds. The van der Waals surface area contributed by atoms with Gasteiger partial charge in [0, 0.05) is 24.3 Å². The molecule has 0 radical (unpaired) electrons. The summed E-state index contributed by atoms with van der Waals surface area (Å²) in [5.41, 5.74) is 1.82. The van der Waals surface area contributed by atoms with Crippen molar-refractivity contribution >= 4 is 11.6 Å². The maximum Gasteiger partial charge on any atom is 0.250 e. The average molecular weight is 264 g/mol. The first-order valence-corrected chi connectivity index (χ1v) is 6.53. The molecule has 2 N–H and O–H groups in total. The third-order valence-electron chi connectivity index (χ3n) is 2.74. The minimum absolute atomic E-state index is 0.0513.